The van der Waals surface area contributed by atoms with Crippen LogP contribution in [0.5, 0.6) is 5.75 Å². The van der Waals surface area contributed by atoms with E-state index in [9.17, 15) is 13.2 Å². The van der Waals surface area contributed by atoms with E-state index in [0.29, 0.717) is 44.3 Å². The molecule has 1 fully saturated rings. The van der Waals surface area contributed by atoms with E-state index in [-0.39, 0.29) is 17.3 Å². The molecule has 0 radical (unpaired) electrons. The average Bonchev–Trinajstić information content (AvgIpc) is 2.73. The predicted octanol–water partition coefficient (Wildman–Crippen LogP) is 2.90. The molecular weight excluding hydrogens is 460 g/mol. The highest BCUT2D eigenvalue weighted by atomic mass is 79.9. The van der Waals surface area contributed by atoms with E-state index in [1.54, 1.807) is 41.3 Å². The van der Waals surface area contributed by atoms with Crippen LogP contribution >= 0.6 is 15.9 Å². The van der Waals surface area contributed by atoms with E-state index >= 15 is 0 Å². The zero-order valence-corrected chi connectivity index (χ0v) is 18.5. The molecule has 0 aliphatic carbocycles. The Hall–Kier alpha value is -2.10. The third kappa shape index (κ3) is 5.29. The molecule has 0 unspecified atom stereocenters. The highest BCUT2D eigenvalue weighted by Crippen LogP contribution is 2.27. The van der Waals surface area contributed by atoms with Crippen LogP contribution < -0.4 is 9.04 Å². The summed E-state index contributed by atoms with van der Waals surface area (Å²) in [5.41, 5.74) is 0.401. The van der Waals surface area contributed by atoms with Crippen LogP contribution in [0.3, 0.4) is 0 Å². The van der Waals surface area contributed by atoms with E-state index in [0.717, 1.165) is 8.78 Å². The van der Waals surface area contributed by atoms with Gasteiger partial charge in [0.25, 0.3) is 10.0 Å². The second-order valence-corrected chi connectivity index (χ2v) is 9.16. The fourth-order valence-electron chi connectivity index (χ4n) is 2.96. The molecule has 0 atom stereocenters. The first-order valence-corrected chi connectivity index (χ1v) is 11.5. The van der Waals surface area contributed by atoms with Crippen molar-refractivity contribution in [1.82, 2.24) is 4.90 Å². The Morgan fingerprint density at radius 2 is 1.72 bits per heavy atom. The van der Waals surface area contributed by atoms with Crippen LogP contribution in [0.25, 0.3) is 0 Å². The molecule has 1 amide bonds. The third-order valence-electron chi connectivity index (χ3n) is 4.48. The highest BCUT2D eigenvalue weighted by molar-refractivity contribution is 9.10. The molecule has 9 heteroatoms. The monoisotopic (exact) mass is 482 g/mol. The Morgan fingerprint density at radius 1 is 1.10 bits per heavy atom. The maximum absolute atomic E-state index is 13.4. The first kappa shape index (κ1) is 21.6. The Morgan fingerprint density at radius 3 is 2.31 bits per heavy atom. The van der Waals surface area contributed by atoms with Gasteiger partial charge in [0.1, 0.15) is 12.3 Å². The van der Waals surface area contributed by atoms with Crippen molar-refractivity contribution in [2.24, 2.45) is 0 Å². The van der Waals surface area contributed by atoms with E-state index in [1.807, 2.05) is 6.92 Å². The molecule has 156 valence electrons. The van der Waals surface area contributed by atoms with Crippen LogP contribution in [0, 0.1) is 0 Å². The maximum Gasteiger partial charge on any atom is 0.264 e. The second-order valence-electron chi connectivity index (χ2n) is 6.39. The molecule has 1 aliphatic rings. The molecule has 1 aliphatic heterocycles. The van der Waals surface area contributed by atoms with Gasteiger partial charge >= 0.3 is 0 Å². The lowest BCUT2D eigenvalue weighted by Crippen LogP contribution is -2.47. The van der Waals surface area contributed by atoms with Crippen molar-refractivity contribution >= 4 is 37.5 Å². The minimum absolute atomic E-state index is 0.115. The summed E-state index contributed by atoms with van der Waals surface area (Å²) in [6.07, 6.45) is 0. The van der Waals surface area contributed by atoms with Gasteiger partial charge in [-0.05, 0) is 55.5 Å². The van der Waals surface area contributed by atoms with Gasteiger partial charge in [0.15, 0.2) is 0 Å². The Kier molecular flexibility index (Phi) is 7.15. The number of hydrogen-bond donors (Lipinski definition) is 0. The van der Waals surface area contributed by atoms with Crippen molar-refractivity contribution in [1.29, 1.82) is 0 Å². The normalized spacial score (nSPS) is 14.5. The van der Waals surface area contributed by atoms with Crippen LogP contribution in [-0.4, -0.2) is 58.7 Å². The zero-order valence-electron chi connectivity index (χ0n) is 16.1. The molecule has 0 spiro atoms. The second kappa shape index (κ2) is 9.60. The largest absolute Gasteiger partial charge is 0.494 e. The first-order chi connectivity index (χ1) is 13.9. The van der Waals surface area contributed by atoms with Crippen molar-refractivity contribution in [3.63, 3.8) is 0 Å². The smallest absolute Gasteiger partial charge is 0.264 e. The van der Waals surface area contributed by atoms with Gasteiger partial charge in [0, 0.05) is 17.6 Å². The fraction of sp³-hybridized carbons (Fsp3) is 0.350. The molecule has 0 aromatic heterocycles. The quantitative estimate of drug-likeness (QED) is 0.606. The molecule has 0 saturated carbocycles. The van der Waals surface area contributed by atoms with Crippen molar-refractivity contribution in [3.8, 4) is 5.75 Å². The van der Waals surface area contributed by atoms with Gasteiger partial charge in [-0.25, -0.2) is 8.42 Å². The summed E-state index contributed by atoms with van der Waals surface area (Å²) in [5.74, 6) is 0.375. The van der Waals surface area contributed by atoms with Gasteiger partial charge in [-0.2, -0.15) is 0 Å². The minimum atomic E-state index is -3.94. The summed E-state index contributed by atoms with van der Waals surface area (Å²) in [7, 11) is -3.94. The number of carbonyl (C=O) groups is 1. The van der Waals surface area contributed by atoms with Crippen LogP contribution in [0.15, 0.2) is 57.9 Å². The number of rotatable bonds is 7. The van der Waals surface area contributed by atoms with Crippen molar-refractivity contribution in [3.05, 3.63) is 53.0 Å². The van der Waals surface area contributed by atoms with Crippen molar-refractivity contribution in [2.75, 3.05) is 43.8 Å². The highest BCUT2D eigenvalue weighted by Gasteiger charge is 2.29. The van der Waals surface area contributed by atoms with Crippen molar-refractivity contribution in [2.45, 2.75) is 11.8 Å². The molecular formula is C20H23BrN2O5S. The zero-order chi connectivity index (χ0) is 20.9. The van der Waals surface area contributed by atoms with Crippen LogP contribution in [0.1, 0.15) is 6.92 Å². The summed E-state index contributed by atoms with van der Waals surface area (Å²) in [6, 6.07) is 13.0. The molecule has 3 rings (SSSR count). The van der Waals surface area contributed by atoms with Crippen LogP contribution in [0.4, 0.5) is 5.69 Å². The molecule has 29 heavy (non-hydrogen) atoms. The number of carbonyl (C=O) groups excluding carboxylic acids is 1. The number of amides is 1. The molecule has 0 N–H and O–H groups in total. The van der Waals surface area contributed by atoms with E-state index < -0.39 is 10.0 Å². The number of ether oxygens (including phenoxy) is 2. The number of sulfonamides is 1. The molecule has 1 heterocycles. The fourth-order valence-corrected chi connectivity index (χ4v) is 4.64. The number of anilines is 1. The van der Waals surface area contributed by atoms with Gasteiger partial charge in [-0.3, -0.25) is 9.10 Å². The number of nitrogens with zero attached hydrogens (tertiary/aromatic N) is 2. The number of benzene rings is 2. The maximum atomic E-state index is 13.4. The molecule has 7 nitrogen and oxygen atoms in total. The van der Waals surface area contributed by atoms with Gasteiger partial charge in [0.2, 0.25) is 5.91 Å². The SMILES string of the molecule is CCOc1ccc(N(CC(=O)N2CCOCC2)S(=O)(=O)c2ccc(Br)cc2)cc1. The van der Waals surface area contributed by atoms with Crippen LogP contribution in [-0.2, 0) is 19.6 Å². The summed E-state index contributed by atoms with van der Waals surface area (Å²) < 4.78 is 39.3. The topological polar surface area (TPSA) is 76.2 Å². The molecule has 0 bridgehead atoms. The van der Waals surface area contributed by atoms with Crippen LogP contribution in [0.2, 0.25) is 0 Å². The van der Waals surface area contributed by atoms with Crippen molar-refractivity contribution < 1.29 is 22.7 Å². The van der Waals surface area contributed by atoms with Gasteiger partial charge in [0.05, 0.1) is 30.4 Å². The number of morpholine rings is 1. The van der Waals surface area contributed by atoms with Gasteiger partial charge in [-0.1, -0.05) is 15.9 Å². The standard InChI is InChI=1S/C20H23BrN2O5S/c1-2-28-18-7-5-17(6-8-18)23(15-20(24)22-11-13-27-14-12-22)29(25,26)19-9-3-16(21)4-10-19/h3-10H,2,11-15H2,1H3. The Labute approximate surface area is 179 Å². The number of halogens is 1. The summed E-state index contributed by atoms with van der Waals surface area (Å²) in [4.78, 5) is 14.6. The molecule has 1 saturated heterocycles. The van der Waals surface area contributed by atoms with E-state index in [2.05, 4.69) is 15.9 Å². The third-order valence-corrected chi connectivity index (χ3v) is 6.80. The average molecular weight is 483 g/mol. The minimum Gasteiger partial charge on any atom is -0.494 e. The molecule has 2 aromatic rings. The van der Waals surface area contributed by atoms with Gasteiger partial charge in [-0.15, -0.1) is 0 Å². The van der Waals surface area contributed by atoms with E-state index in [1.165, 1.54) is 12.1 Å². The van der Waals surface area contributed by atoms with E-state index in [4.69, 9.17) is 9.47 Å². The summed E-state index contributed by atoms with van der Waals surface area (Å²) in [6.45, 7) is 3.91. The molecule has 2 aromatic carbocycles. The first-order valence-electron chi connectivity index (χ1n) is 9.28. The number of hydrogen-bond acceptors (Lipinski definition) is 5. The Bertz CT molecular complexity index is 926. The summed E-state index contributed by atoms with van der Waals surface area (Å²) in [5, 5.41) is 0. The lowest BCUT2D eigenvalue weighted by atomic mass is 10.3. The predicted molar refractivity (Wildman–Crippen MR) is 114 cm³/mol. The summed E-state index contributed by atoms with van der Waals surface area (Å²) >= 11 is 3.31. The Balaban J connectivity index is 1.93. The lowest BCUT2D eigenvalue weighted by Gasteiger charge is -2.30. The van der Waals surface area contributed by atoms with Gasteiger partial charge < -0.3 is 14.4 Å². The lowest BCUT2D eigenvalue weighted by molar-refractivity contribution is -0.133.